The number of hydrogen-bond acceptors (Lipinski definition) is 5. The molecule has 0 aliphatic carbocycles. The van der Waals surface area contributed by atoms with Gasteiger partial charge in [0, 0.05) is 6.20 Å². The van der Waals surface area contributed by atoms with Gasteiger partial charge in [-0.25, -0.2) is 27.3 Å². The van der Waals surface area contributed by atoms with E-state index in [4.69, 9.17) is 0 Å². The van der Waals surface area contributed by atoms with E-state index in [1.165, 1.54) is 35.8 Å². The molecule has 1 N–H and O–H groups in total. The fraction of sp³-hybridized carbons (Fsp3) is 0.0556. The van der Waals surface area contributed by atoms with Gasteiger partial charge in [0.05, 0.1) is 31.6 Å². The highest BCUT2D eigenvalue weighted by molar-refractivity contribution is 14.1. The third-order valence-electron chi connectivity index (χ3n) is 4.15. The van der Waals surface area contributed by atoms with Crippen LogP contribution >= 0.6 is 22.6 Å². The molecule has 7 nitrogen and oxygen atoms in total. The van der Waals surface area contributed by atoms with Crippen molar-refractivity contribution in [3.8, 4) is 11.3 Å². The fourth-order valence-corrected chi connectivity index (χ4v) is 4.38. The lowest BCUT2D eigenvalue weighted by Crippen LogP contribution is -2.16. The molecule has 29 heavy (non-hydrogen) atoms. The number of nitrogens with one attached hydrogen (secondary N) is 1. The van der Waals surface area contributed by atoms with Crippen LogP contribution in [0.25, 0.3) is 16.9 Å². The smallest absolute Gasteiger partial charge is 0.262 e. The first kappa shape index (κ1) is 19.6. The van der Waals surface area contributed by atoms with E-state index in [2.05, 4.69) is 19.8 Å². The van der Waals surface area contributed by atoms with Crippen LogP contribution in [0.5, 0.6) is 0 Å². The highest BCUT2D eigenvalue weighted by atomic mass is 127. The van der Waals surface area contributed by atoms with Gasteiger partial charge in [0.2, 0.25) is 5.95 Å². The second-order valence-electron chi connectivity index (χ2n) is 6.04. The van der Waals surface area contributed by atoms with Crippen LogP contribution in [-0.4, -0.2) is 28.0 Å². The Balaban J connectivity index is 1.85. The van der Waals surface area contributed by atoms with E-state index in [-0.39, 0.29) is 16.3 Å². The summed E-state index contributed by atoms with van der Waals surface area (Å²) in [6.45, 7) is 1.31. The van der Waals surface area contributed by atoms with Crippen LogP contribution in [0.15, 0.2) is 53.7 Å². The molecule has 4 rings (SSSR count). The Morgan fingerprint density at radius 1 is 1.10 bits per heavy atom. The summed E-state index contributed by atoms with van der Waals surface area (Å²) in [5.41, 5.74) is -0.716. The first-order valence-corrected chi connectivity index (χ1v) is 10.8. The summed E-state index contributed by atoms with van der Waals surface area (Å²) < 4.78 is 59.4. The van der Waals surface area contributed by atoms with Crippen molar-refractivity contribution in [1.82, 2.24) is 19.6 Å². The number of hydrogen-bond donors (Lipinski definition) is 1. The molecular formula is C18H12F2IN5O2S. The lowest BCUT2D eigenvalue weighted by molar-refractivity contribution is 0.554. The second-order valence-corrected chi connectivity index (χ2v) is 8.89. The molecule has 3 aromatic heterocycles. The number of fused-ring (bicyclic) bond motifs is 1. The molecule has 3 heterocycles. The van der Waals surface area contributed by atoms with Crippen molar-refractivity contribution in [2.75, 3.05) is 4.72 Å². The Morgan fingerprint density at radius 3 is 2.55 bits per heavy atom. The topological polar surface area (TPSA) is 89.2 Å². The summed E-state index contributed by atoms with van der Waals surface area (Å²) in [7, 11) is -4.09. The molecule has 0 spiro atoms. The van der Waals surface area contributed by atoms with Crippen LogP contribution in [0.3, 0.4) is 0 Å². The molecule has 0 bridgehead atoms. The van der Waals surface area contributed by atoms with Gasteiger partial charge in [0.25, 0.3) is 10.0 Å². The second kappa shape index (κ2) is 7.30. The number of benzene rings is 1. The quantitative estimate of drug-likeness (QED) is 0.323. The third-order valence-corrected chi connectivity index (χ3v) is 6.27. The predicted octanol–water partition coefficient (Wildman–Crippen LogP) is 3.78. The maximum Gasteiger partial charge on any atom is 0.262 e. The van der Waals surface area contributed by atoms with Gasteiger partial charge >= 0.3 is 0 Å². The first-order chi connectivity index (χ1) is 13.8. The molecule has 0 fully saturated rings. The molecule has 0 unspecified atom stereocenters. The fourth-order valence-electron chi connectivity index (χ4n) is 2.74. The molecule has 0 aliphatic heterocycles. The van der Waals surface area contributed by atoms with E-state index in [1.54, 1.807) is 24.4 Å². The lowest BCUT2D eigenvalue weighted by Gasteiger charge is -2.14. The Labute approximate surface area is 178 Å². The normalized spacial score (nSPS) is 11.7. The molecule has 0 radical (unpaired) electrons. The molecule has 0 saturated heterocycles. The molecule has 0 amide bonds. The van der Waals surface area contributed by atoms with E-state index in [0.29, 0.717) is 9.22 Å². The van der Waals surface area contributed by atoms with Crippen LogP contribution in [0.2, 0.25) is 0 Å². The number of halogens is 3. The summed E-state index contributed by atoms with van der Waals surface area (Å²) >= 11 is 2.00. The van der Waals surface area contributed by atoms with E-state index in [0.717, 1.165) is 0 Å². The highest BCUT2D eigenvalue weighted by Crippen LogP contribution is 2.32. The average molecular weight is 527 g/mol. The van der Waals surface area contributed by atoms with E-state index in [9.17, 15) is 12.8 Å². The van der Waals surface area contributed by atoms with Gasteiger partial charge in [-0.05, 0) is 47.7 Å². The number of aryl methyl sites for hydroxylation is 1. The third kappa shape index (κ3) is 3.55. The first-order valence-electron chi connectivity index (χ1n) is 8.21. The minimum atomic E-state index is -4.09. The molecule has 148 valence electrons. The van der Waals surface area contributed by atoms with Crippen molar-refractivity contribution in [1.29, 1.82) is 0 Å². The van der Waals surface area contributed by atoms with E-state index < -0.39 is 33.0 Å². The lowest BCUT2D eigenvalue weighted by atomic mass is 10.1. The standard InChI is InChI=1S/C18H12F2IN5O2S/c1-10-16(25-29(27,28)11-5-3-2-4-6-11)15(19)14(17(20)23-10)13-7-8-26-18(24-13)12(21)9-22-26/h2-9,25H,1H3. The Kier molecular flexibility index (Phi) is 4.94. The largest absolute Gasteiger partial charge is 0.275 e. The summed E-state index contributed by atoms with van der Waals surface area (Å²) in [5.74, 6) is -2.19. The highest BCUT2D eigenvalue weighted by Gasteiger charge is 2.25. The van der Waals surface area contributed by atoms with Crippen molar-refractivity contribution in [3.63, 3.8) is 0 Å². The Morgan fingerprint density at radius 2 is 1.83 bits per heavy atom. The SMILES string of the molecule is Cc1nc(F)c(-c2ccn3ncc(I)c3n2)c(F)c1NS(=O)(=O)c1ccccc1. The molecule has 11 heteroatoms. The van der Waals surface area contributed by atoms with Crippen molar-refractivity contribution in [2.24, 2.45) is 0 Å². The number of aromatic nitrogens is 4. The summed E-state index contributed by atoms with van der Waals surface area (Å²) in [6, 6.07) is 8.85. The molecule has 0 atom stereocenters. The molecule has 0 saturated carbocycles. The summed E-state index contributed by atoms with van der Waals surface area (Å²) in [4.78, 5) is 7.87. The maximum atomic E-state index is 15.3. The van der Waals surface area contributed by atoms with Crippen LogP contribution in [0.4, 0.5) is 14.5 Å². The zero-order valence-electron chi connectivity index (χ0n) is 14.8. The summed E-state index contributed by atoms with van der Waals surface area (Å²) in [5, 5.41) is 4.06. The number of rotatable bonds is 4. The van der Waals surface area contributed by atoms with E-state index in [1.807, 2.05) is 22.6 Å². The average Bonchev–Trinajstić information content (AvgIpc) is 3.06. The zero-order chi connectivity index (χ0) is 20.8. The van der Waals surface area contributed by atoms with Crippen molar-refractivity contribution in [2.45, 2.75) is 11.8 Å². The zero-order valence-corrected chi connectivity index (χ0v) is 17.7. The van der Waals surface area contributed by atoms with Gasteiger partial charge in [-0.15, -0.1) is 0 Å². The van der Waals surface area contributed by atoms with Gasteiger partial charge in [0.1, 0.15) is 5.69 Å². The van der Waals surface area contributed by atoms with Gasteiger partial charge in [-0.3, -0.25) is 4.72 Å². The number of pyridine rings is 1. The minimum absolute atomic E-state index is 0.0291. The van der Waals surface area contributed by atoms with Crippen LogP contribution in [0, 0.1) is 22.3 Å². The molecule has 0 aliphatic rings. The van der Waals surface area contributed by atoms with Crippen LogP contribution in [-0.2, 0) is 10.0 Å². The predicted molar refractivity (Wildman–Crippen MR) is 111 cm³/mol. The molecule has 4 aromatic rings. The Hall–Kier alpha value is -2.67. The van der Waals surface area contributed by atoms with Crippen molar-refractivity contribution in [3.05, 3.63) is 69.8 Å². The van der Waals surface area contributed by atoms with Crippen LogP contribution in [0.1, 0.15) is 5.69 Å². The van der Waals surface area contributed by atoms with Crippen molar-refractivity contribution >= 4 is 43.9 Å². The van der Waals surface area contributed by atoms with Gasteiger partial charge in [-0.2, -0.15) is 9.49 Å². The minimum Gasteiger partial charge on any atom is -0.275 e. The summed E-state index contributed by atoms with van der Waals surface area (Å²) in [6.07, 6.45) is 3.07. The monoisotopic (exact) mass is 527 g/mol. The molecule has 1 aromatic carbocycles. The number of sulfonamides is 1. The van der Waals surface area contributed by atoms with E-state index >= 15 is 4.39 Å². The van der Waals surface area contributed by atoms with Crippen LogP contribution < -0.4 is 4.72 Å². The van der Waals surface area contributed by atoms with Crippen molar-refractivity contribution < 1.29 is 17.2 Å². The molecular weight excluding hydrogens is 515 g/mol. The Bertz CT molecular complexity index is 1340. The van der Waals surface area contributed by atoms with Gasteiger partial charge < -0.3 is 0 Å². The van der Waals surface area contributed by atoms with Gasteiger partial charge in [0.15, 0.2) is 11.5 Å². The maximum absolute atomic E-state index is 15.3. The number of anilines is 1. The number of nitrogens with zero attached hydrogens (tertiary/aromatic N) is 4. The van der Waals surface area contributed by atoms with Gasteiger partial charge in [-0.1, -0.05) is 18.2 Å².